The highest BCUT2D eigenvalue weighted by atomic mass is 16.5. The molecule has 7 amide bonds. The molecule has 0 rings (SSSR count). The molecule has 89 heavy (non-hydrogen) atoms. The van der Waals surface area contributed by atoms with Crippen LogP contribution in [0.4, 0.5) is 0 Å². The molecule has 0 spiro atoms. The maximum atomic E-state index is 14.6. The van der Waals surface area contributed by atoms with Crippen LogP contribution >= 0.6 is 0 Å². The topological polar surface area (TPSA) is 430 Å². The van der Waals surface area contributed by atoms with Crippen LogP contribution in [0.1, 0.15) is 237 Å². The fraction of sp³-hybridized carbons (Fsp3) is 0.892. The van der Waals surface area contributed by atoms with Crippen LogP contribution < -0.4 is 83.1 Å². The number of hydrogen-bond donors (Lipinski definition) is 15. The SMILES string of the molecule is CCC(C)(CC)COC(C)(C)CCOC(C)(C)C(C)(C)CC(C)(C)CNC(=O)C(CCCCNC(=O)C(CCCCNC(=O)C(N)CCCCN)NC(=O)C(N)CCCCN)NC(=O)C(CCCCNC(=O)C(N)CCCCN)NC(=O)C(N)CCCCN. The van der Waals surface area contributed by atoms with Crippen LogP contribution in [-0.2, 0) is 43.0 Å². The summed E-state index contributed by atoms with van der Waals surface area (Å²) in [5, 5.41) is 20.5. The minimum absolute atomic E-state index is 0.117. The van der Waals surface area contributed by atoms with Crippen molar-refractivity contribution in [2.45, 2.75) is 290 Å². The fourth-order valence-electron chi connectivity index (χ4n) is 10.2. The van der Waals surface area contributed by atoms with Crippen molar-refractivity contribution in [2.75, 3.05) is 65.6 Å². The average molecular weight is 1270 g/mol. The van der Waals surface area contributed by atoms with E-state index < -0.39 is 82.8 Å². The second-order valence-corrected chi connectivity index (χ2v) is 27.7. The minimum atomic E-state index is -1.07. The number of ether oxygens (including phenoxy) is 2. The predicted molar refractivity (Wildman–Crippen MR) is 358 cm³/mol. The summed E-state index contributed by atoms with van der Waals surface area (Å²) in [6.07, 6.45) is 14.3. The summed E-state index contributed by atoms with van der Waals surface area (Å²) in [5.74, 6) is -2.91. The Morgan fingerprint density at radius 2 is 0.719 bits per heavy atom. The van der Waals surface area contributed by atoms with E-state index in [2.05, 4.69) is 113 Å². The number of hydrogen-bond acceptors (Lipinski definition) is 17. The lowest BCUT2D eigenvalue weighted by Crippen LogP contribution is -2.56. The molecule has 0 aromatic heterocycles. The number of carbonyl (C=O) groups is 7. The van der Waals surface area contributed by atoms with Gasteiger partial charge in [0.1, 0.15) is 18.1 Å². The Morgan fingerprint density at radius 3 is 1.09 bits per heavy atom. The highest BCUT2D eigenvalue weighted by Crippen LogP contribution is 2.43. The zero-order chi connectivity index (χ0) is 67.7. The molecule has 0 fully saturated rings. The van der Waals surface area contributed by atoms with E-state index in [9.17, 15) is 33.6 Å². The van der Waals surface area contributed by atoms with Crippen molar-refractivity contribution in [3.63, 3.8) is 0 Å². The van der Waals surface area contributed by atoms with Gasteiger partial charge in [0, 0.05) is 26.2 Å². The zero-order valence-corrected chi connectivity index (χ0v) is 57.6. The third kappa shape index (κ3) is 37.9. The molecule has 522 valence electrons. The van der Waals surface area contributed by atoms with Crippen LogP contribution in [0, 0.1) is 16.2 Å². The third-order valence-electron chi connectivity index (χ3n) is 17.8. The van der Waals surface area contributed by atoms with E-state index in [1.807, 2.05) is 0 Å². The van der Waals surface area contributed by atoms with E-state index in [0.29, 0.717) is 155 Å². The van der Waals surface area contributed by atoms with Gasteiger partial charge in [0.25, 0.3) is 0 Å². The first-order valence-electron chi connectivity index (χ1n) is 33.9. The lowest BCUT2D eigenvalue weighted by molar-refractivity contribution is -0.135. The first-order chi connectivity index (χ1) is 41.8. The number of unbranched alkanes of at least 4 members (excludes halogenated alkanes) is 7. The molecule has 23 N–H and O–H groups in total. The van der Waals surface area contributed by atoms with Crippen molar-refractivity contribution in [2.24, 2.45) is 62.1 Å². The number of rotatable bonds is 55. The summed E-state index contributed by atoms with van der Waals surface area (Å²) in [4.78, 5) is 95.0. The van der Waals surface area contributed by atoms with Gasteiger partial charge in [-0.25, -0.2) is 0 Å². The van der Waals surface area contributed by atoms with Crippen molar-refractivity contribution in [3.8, 4) is 0 Å². The lowest BCUT2D eigenvalue weighted by Gasteiger charge is -2.46. The number of carbonyl (C=O) groups excluding carboxylic acids is 7. The monoisotopic (exact) mass is 1270 g/mol. The van der Waals surface area contributed by atoms with Gasteiger partial charge in [-0.1, -0.05) is 74.1 Å². The second-order valence-electron chi connectivity index (χ2n) is 27.7. The Bertz CT molecular complexity index is 1990. The Hall–Kier alpha value is -4.11. The van der Waals surface area contributed by atoms with Crippen molar-refractivity contribution in [1.82, 2.24) is 37.2 Å². The second kappa shape index (κ2) is 46.0. The maximum Gasteiger partial charge on any atom is 0.243 e. The molecule has 0 radical (unpaired) electrons. The summed E-state index contributed by atoms with van der Waals surface area (Å²) in [5.41, 5.74) is 45.6. The number of amides is 7. The largest absolute Gasteiger partial charge is 0.375 e. The Labute approximate surface area is 537 Å². The molecule has 0 aromatic rings. The minimum Gasteiger partial charge on any atom is -0.375 e. The Morgan fingerprint density at radius 1 is 0.393 bits per heavy atom. The van der Waals surface area contributed by atoms with Gasteiger partial charge < -0.3 is 92.6 Å². The summed E-state index contributed by atoms with van der Waals surface area (Å²) in [6.45, 7) is 27.8. The van der Waals surface area contributed by atoms with E-state index in [-0.39, 0.29) is 60.6 Å². The summed E-state index contributed by atoms with van der Waals surface area (Å²) in [6, 6.07) is -6.09. The van der Waals surface area contributed by atoms with Crippen molar-refractivity contribution >= 4 is 41.4 Å². The molecule has 0 aromatic carbocycles. The van der Waals surface area contributed by atoms with E-state index in [4.69, 9.17) is 55.3 Å². The third-order valence-corrected chi connectivity index (χ3v) is 17.8. The smallest absolute Gasteiger partial charge is 0.243 e. The number of nitrogens with one attached hydrogen (secondary N) is 7. The van der Waals surface area contributed by atoms with Crippen molar-refractivity contribution in [3.05, 3.63) is 0 Å². The quantitative estimate of drug-likeness (QED) is 0.0388. The van der Waals surface area contributed by atoms with Crippen molar-refractivity contribution < 1.29 is 43.0 Å². The van der Waals surface area contributed by atoms with E-state index in [0.717, 1.165) is 38.5 Å². The van der Waals surface area contributed by atoms with Gasteiger partial charge in [0.05, 0.1) is 48.6 Å². The van der Waals surface area contributed by atoms with Crippen LogP contribution in [0.3, 0.4) is 0 Å². The summed E-state index contributed by atoms with van der Waals surface area (Å²) in [7, 11) is 0. The molecule has 0 heterocycles. The van der Waals surface area contributed by atoms with E-state index in [1.165, 1.54) is 0 Å². The van der Waals surface area contributed by atoms with Crippen LogP contribution in [0.25, 0.3) is 0 Å². The molecular formula is C65H133N15O9. The highest BCUT2D eigenvalue weighted by molar-refractivity contribution is 5.93. The highest BCUT2D eigenvalue weighted by Gasteiger charge is 2.43. The van der Waals surface area contributed by atoms with E-state index in [1.54, 1.807) is 0 Å². The van der Waals surface area contributed by atoms with Crippen LogP contribution in [0.2, 0.25) is 0 Å². The zero-order valence-electron chi connectivity index (χ0n) is 57.6. The molecule has 24 nitrogen and oxygen atoms in total. The van der Waals surface area contributed by atoms with Gasteiger partial charge in [-0.3, -0.25) is 33.6 Å². The Balaban J connectivity index is 6.58. The summed E-state index contributed by atoms with van der Waals surface area (Å²) < 4.78 is 13.1. The normalized spacial score (nSPS) is 14.8. The van der Waals surface area contributed by atoms with Crippen LogP contribution in [-0.4, -0.2) is 160 Å². The molecule has 0 aliphatic heterocycles. The number of nitrogens with two attached hydrogens (primary N) is 8. The van der Waals surface area contributed by atoms with Gasteiger partial charge in [0.15, 0.2) is 0 Å². The van der Waals surface area contributed by atoms with Crippen molar-refractivity contribution in [1.29, 1.82) is 0 Å². The standard InChI is InChI=1S/C65H133N15O9/c1-12-65(11,13-2)46-89-63(7,8)35-43-88-64(9,10)62(5,6)44-61(3,4)45-77-59(86)52(80-60(87)53(79-57(84)50(73)31-17-24-39-69)34-20-26-41-75-55(82)48(71)29-15-22-37-67)33-19-27-42-76-58(85)51(78-56(83)49(72)30-16-23-38-68)32-18-25-40-74-54(81)47(70)28-14-21-36-66/h47-53H,12-46,66-73H2,1-11H3,(H,74,81)(H,75,82)(H,76,85)(H,77,86)(H,78,83)(H,79,84)(H,80,87). The molecule has 0 bridgehead atoms. The average Bonchev–Trinajstić information content (AvgIpc) is 1.83. The first kappa shape index (κ1) is 84.9. The van der Waals surface area contributed by atoms with Gasteiger partial charge in [0.2, 0.25) is 41.4 Å². The first-order valence-corrected chi connectivity index (χ1v) is 33.9. The lowest BCUT2D eigenvalue weighted by atomic mass is 9.67. The molecule has 0 saturated carbocycles. The molecular weight excluding hydrogens is 1130 g/mol. The van der Waals surface area contributed by atoms with Gasteiger partial charge >= 0.3 is 0 Å². The van der Waals surface area contributed by atoms with E-state index >= 15 is 0 Å². The molecule has 7 atom stereocenters. The fourth-order valence-corrected chi connectivity index (χ4v) is 10.2. The van der Waals surface area contributed by atoms with Gasteiger partial charge in [-0.05, 0) is 205 Å². The molecule has 0 saturated heterocycles. The maximum absolute atomic E-state index is 14.6. The molecule has 24 heteroatoms. The van der Waals surface area contributed by atoms with Gasteiger partial charge in [-0.15, -0.1) is 0 Å². The molecule has 7 unspecified atom stereocenters. The molecule has 0 aliphatic rings. The summed E-state index contributed by atoms with van der Waals surface area (Å²) >= 11 is 0. The van der Waals surface area contributed by atoms with Crippen LogP contribution in [0.15, 0.2) is 0 Å². The van der Waals surface area contributed by atoms with Gasteiger partial charge in [-0.2, -0.15) is 0 Å². The van der Waals surface area contributed by atoms with Crippen LogP contribution in [0.5, 0.6) is 0 Å². The predicted octanol–water partition coefficient (Wildman–Crippen LogP) is 3.49. The molecule has 0 aliphatic carbocycles. The Kier molecular flexibility index (Phi) is 43.9.